The van der Waals surface area contributed by atoms with E-state index in [4.69, 9.17) is 12.6 Å². The fraction of sp³-hybridized carbons (Fsp3) is 0.280. The molecule has 182 valence electrons. The molecule has 1 saturated carbocycles. The first-order valence-electron chi connectivity index (χ1n) is 11.3. The van der Waals surface area contributed by atoms with Gasteiger partial charge in [0.15, 0.2) is 5.94 Å². The molecule has 0 bridgehead atoms. The van der Waals surface area contributed by atoms with Crippen LogP contribution in [0.15, 0.2) is 57.9 Å². The molecule has 4 unspecified atom stereocenters. The van der Waals surface area contributed by atoms with Gasteiger partial charge < -0.3 is 4.74 Å². The predicted molar refractivity (Wildman–Crippen MR) is 167 cm³/mol. The van der Waals surface area contributed by atoms with Crippen LogP contribution >= 0.6 is 52.9 Å². The van der Waals surface area contributed by atoms with Gasteiger partial charge in [-0.2, -0.15) is 0 Å². The zero-order valence-corrected chi connectivity index (χ0v) is 26.2. The van der Waals surface area contributed by atoms with Gasteiger partial charge >= 0.3 is 0 Å². The standard InChI is InChI=1S/C25H28BBrO3P4S/c26-17-3-1-14(2-4-17)15-9-20(31)24(21(32)10-15)16-11-22(33)25(23(34)12-16)30-13-35(28,29)19-7-5-18(27)6-8-19/h5-12,14,17H,1-4,13,31-34H2. The van der Waals surface area contributed by atoms with E-state index in [1.807, 2.05) is 12.1 Å². The van der Waals surface area contributed by atoms with Crippen LogP contribution in [0.1, 0.15) is 37.2 Å². The molecule has 1 aliphatic rings. The van der Waals surface area contributed by atoms with Crippen LogP contribution < -0.4 is 26.0 Å². The zero-order chi connectivity index (χ0) is 25.3. The lowest BCUT2D eigenvalue weighted by Gasteiger charge is -2.28. The van der Waals surface area contributed by atoms with Crippen LogP contribution in [0.5, 0.6) is 5.75 Å². The van der Waals surface area contributed by atoms with Crippen molar-refractivity contribution in [1.82, 2.24) is 0 Å². The number of benzene rings is 3. The quantitative estimate of drug-likeness (QED) is 0.300. The van der Waals surface area contributed by atoms with Crippen molar-refractivity contribution in [2.24, 2.45) is 0 Å². The monoisotopic (exact) mass is 622 g/mol. The summed E-state index contributed by atoms with van der Waals surface area (Å²) >= 11 is 3.33. The Balaban J connectivity index is 1.57. The number of halogens is 1. The summed E-state index contributed by atoms with van der Waals surface area (Å²) in [4.78, 5) is 0.230. The second kappa shape index (κ2) is 11.6. The number of rotatable bonds is 6. The molecule has 3 aromatic carbocycles. The smallest absolute Gasteiger partial charge is 0.213 e. The summed E-state index contributed by atoms with van der Waals surface area (Å²) in [5.74, 6) is 0.999. The minimum absolute atomic E-state index is 0.230. The van der Waals surface area contributed by atoms with Gasteiger partial charge in [0.2, 0.25) is 9.84 Å². The number of ether oxygens (including phenoxy) is 1. The zero-order valence-electron chi connectivity index (χ0n) is 19.2. The van der Waals surface area contributed by atoms with Crippen LogP contribution in [0.2, 0.25) is 5.82 Å². The van der Waals surface area contributed by atoms with Crippen LogP contribution in [-0.2, 0) is 9.84 Å². The van der Waals surface area contributed by atoms with Crippen LogP contribution in [0, 0.1) is 0 Å². The van der Waals surface area contributed by atoms with E-state index >= 15 is 0 Å². The first kappa shape index (κ1) is 27.7. The van der Waals surface area contributed by atoms with E-state index in [0.717, 1.165) is 62.5 Å². The Hall–Kier alpha value is -0.325. The van der Waals surface area contributed by atoms with Gasteiger partial charge in [0, 0.05) is 15.1 Å². The average Bonchev–Trinajstić information content (AvgIpc) is 2.79. The normalized spacial score (nSPS) is 18.4. The Kier molecular flexibility index (Phi) is 9.18. The van der Waals surface area contributed by atoms with Crippen molar-refractivity contribution in [3.63, 3.8) is 0 Å². The molecule has 35 heavy (non-hydrogen) atoms. The molecule has 2 radical (unpaired) electrons. The molecule has 1 fully saturated rings. The summed E-state index contributed by atoms with van der Waals surface area (Å²) in [7, 11) is 13.7. The Morgan fingerprint density at radius 3 is 1.94 bits per heavy atom. The molecular weight excluding hydrogens is 595 g/mol. The highest BCUT2D eigenvalue weighted by Gasteiger charge is 2.22. The average molecular weight is 623 g/mol. The Morgan fingerprint density at radius 1 is 0.857 bits per heavy atom. The van der Waals surface area contributed by atoms with Crippen molar-refractivity contribution >= 4 is 91.8 Å². The van der Waals surface area contributed by atoms with Crippen molar-refractivity contribution in [1.29, 1.82) is 0 Å². The van der Waals surface area contributed by atoms with Gasteiger partial charge in [-0.1, -0.05) is 46.7 Å². The summed E-state index contributed by atoms with van der Waals surface area (Å²) < 4.78 is 32.1. The molecule has 3 nitrogen and oxygen atoms in total. The lowest BCUT2D eigenvalue weighted by molar-refractivity contribution is 0.383. The molecule has 0 heterocycles. The molecule has 4 rings (SSSR count). The molecule has 0 saturated heterocycles. The summed E-state index contributed by atoms with van der Waals surface area (Å²) in [5, 5.41) is 3.89. The summed E-state index contributed by atoms with van der Waals surface area (Å²) in [6.45, 7) is 0. The molecule has 3 aromatic rings. The lowest BCUT2D eigenvalue weighted by Crippen LogP contribution is -2.20. The Labute approximate surface area is 227 Å². The van der Waals surface area contributed by atoms with E-state index in [1.54, 1.807) is 24.3 Å². The molecule has 0 aliphatic heterocycles. The predicted octanol–water partition coefficient (Wildman–Crippen LogP) is 4.54. The van der Waals surface area contributed by atoms with Gasteiger partial charge in [0.05, 0.1) is 12.7 Å². The molecule has 10 heteroatoms. The van der Waals surface area contributed by atoms with Crippen molar-refractivity contribution in [3.05, 3.63) is 58.6 Å². The minimum atomic E-state index is -3.58. The fourth-order valence-corrected chi connectivity index (χ4v) is 8.03. The van der Waals surface area contributed by atoms with Crippen molar-refractivity contribution in [2.45, 2.75) is 42.3 Å². The fourth-order valence-electron chi connectivity index (χ4n) is 4.57. The highest BCUT2D eigenvalue weighted by molar-refractivity contribution is 9.10. The largest absolute Gasteiger partial charge is 0.476 e. The highest BCUT2D eigenvalue weighted by atomic mass is 79.9. The van der Waals surface area contributed by atoms with E-state index in [2.05, 4.69) is 65.0 Å². The van der Waals surface area contributed by atoms with Crippen LogP contribution in [0.3, 0.4) is 0 Å². The minimum Gasteiger partial charge on any atom is -0.476 e. The van der Waals surface area contributed by atoms with Crippen LogP contribution in [-0.4, -0.2) is 22.2 Å². The number of hydrogen-bond donors (Lipinski definition) is 0. The summed E-state index contributed by atoms with van der Waals surface area (Å²) in [5.41, 5.74) is 3.55. The van der Waals surface area contributed by atoms with E-state index in [0.29, 0.717) is 17.5 Å². The summed E-state index contributed by atoms with van der Waals surface area (Å²) in [6.07, 6.45) is 4.43. The third-order valence-electron chi connectivity index (χ3n) is 6.43. The lowest BCUT2D eigenvalue weighted by atomic mass is 9.70. The van der Waals surface area contributed by atoms with E-state index < -0.39 is 15.8 Å². The van der Waals surface area contributed by atoms with Crippen molar-refractivity contribution < 1.29 is 13.2 Å². The molecular formula is C25H28BBrO3P4S. The van der Waals surface area contributed by atoms with E-state index in [-0.39, 0.29) is 4.90 Å². The van der Waals surface area contributed by atoms with Gasteiger partial charge in [-0.3, -0.25) is 0 Å². The second-order valence-corrected chi connectivity index (χ2v) is 14.3. The van der Waals surface area contributed by atoms with Gasteiger partial charge in [-0.25, -0.2) is 8.42 Å². The third-order valence-corrected chi connectivity index (χ3v) is 10.1. The van der Waals surface area contributed by atoms with Gasteiger partial charge in [0.1, 0.15) is 5.75 Å². The first-order chi connectivity index (χ1) is 16.5. The van der Waals surface area contributed by atoms with E-state index in [1.165, 1.54) is 5.56 Å². The molecule has 0 spiro atoms. The highest BCUT2D eigenvalue weighted by Crippen LogP contribution is 2.37. The van der Waals surface area contributed by atoms with Gasteiger partial charge in [-0.15, -0.1) is 37.0 Å². The Bertz CT molecular complexity index is 1300. The molecule has 0 N–H and O–H groups in total. The molecule has 0 amide bonds. The first-order valence-corrected chi connectivity index (χ1v) is 16.1. The third kappa shape index (κ3) is 6.58. The molecule has 4 atom stereocenters. The maximum atomic E-state index is 12.7. The van der Waals surface area contributed by atoms with Crippen LogP contribution in [0.25, 0.3) is 11.1 Å². The maximum Gasteiger partial charge on any atom is 0.213 e. The summed E-state index contributed by atoms with van der Waals surface area (Å²) in [6, 6.07) is 15.1. The van der Waals surface area contributed by atoms with Gasteiger partial charge in [-0.05, 0) is 82.5 Å². The number of hydrogen-bond acceptors (Lipinski definition) is 3. The van der Waals surface area contributed by atoms with E-state index in [9.17, 15) is 8.42 Å². The van der Waals surface area contributed by atoms with Crippen molar-refractivity contribution in [2.75, 3.05) is 5.94 Å². The Morgan fingerprint density at radius 2 is 1.40 bits per heavy atom. The number of sulfone groups is 1. The van der Waals surface area contributed by atoms with Gasteiger partial charge in [0.25, 0.3) is 0 Å². The topological polar surface area (TPSA) is 43.4 Å². The maximum absolute atomic E-state index is 12.7. The molecule has 1 aliphatic carbocycles. The molecule has 0 aromatic heterocycles. The second-order valence-electron chi connectivity index (χ2n) is 9.00. The van der Waals surface area contributed by atoms with Crippen molar-refractivity contribution in [3.8, 4) is 16.9 Å². The van der Waals surface area contributed by atoms with Crippen LogP contribution in [0.4, 0.5) is 0 Å². The SMILES string of the molecule is [B]C1CCC(c2cc(P)c(-c3cc(P)c(OCS(=O)(=O)c4ccc(Br)cc4)c(P)c3)c(P)c2)CC1.